The van der Waals surface area contributed by atoms with E-state index in [-0.39, 0.29) is 0 Å². The van der Waals surface area contributed by atoms with Crippen molar-refractivity contribution in [3.05, 3.63) is 23.8 Å². The molecule has 0 heterocycles. The number of anilines is 1. The molecule has 1 aromatic rings. The van der Waals surface area contributed by atoms with E-state index in [1.165, 1.54) is 32.1 Å². The van der Waals surface area contributed by atoms with Gasteiger partial charge in [-0.05, 0) is 56.4 Å². The molecule has 0 bridgehead atoms. The summed E-state index contributed by atoms with van der Waals surface area (Å²) in [7, 11) is 0. The molecule has 0 atom stereocenters. The standard InChI is InChI=1S/C13H19NO/c1-10-9-12(7-8-13(10)14)15-11-5-3-2-4-6-11/h7-9,11H,2-6,14H2,1H3. The lowest BCUT2D eigenvalue weighted by atomic mass is 9.98. The Morgan fingerprint density at radius 2 is 1.93 bits per heavy atom. The molecule has 1 aromatic carbocycles. The molecule has 0 amide bonds. The van der Waals surface area contributed by atoms with Crippen molar-refractivity contribution in [2.75, 3.05) is 5.73 Å². The number of nitrogens with two attached hydrogens (primary N) is 1. The highest BCUT2D eigenvalue weighted by atomic mass is 16.5. The van der Waals surface area contributed by atoms with Crippen LogP contribution >= 0.6 is 0 Å². The smallest absolute Gasteiger partial charge is 0.120 e. The van der Waals surface area contributed by atoms with Crippen LogP contribution in [0.5, 0.6) is 5.75 Å². The van der Waals surface area contributed by atoms with E-state index in [0.29, 0.717) is 6.10 Å². The summed E-state index contributed by atoms with van der Waals surface area (Å²) in [5, 5.41) is 0. The van der Waals surface area contributed by atoms with Crippen molar-refractivity contribution in [3.63, 3.8) is 0 Å². The van der Waals surface area contributed by atoms with Gasteiger partial charge in [-0.1, -0.05) is 6.42 Å². The van der Waals surface area contributed by atoms with Crippen LogP contribution in [0.2, 0.25) is 0 Å². The molecule has 1 saturated carbocycles. The van der Waals surface area contributed by atoms with Gasteiger partial charge in [0.2, 0.25) is 0 Å². The van der Waals surface area contributed by atoms with Gasteiger partial charge in [-0.15, -0.1) is 0 Å². The number of benzene rings is 1. The van der Waals surface area contributed by atoms with E-state index in [1.54, 1.807) is 0 Å². The van der Waals surface area contributed by atoms with E-state index in [2.05, 4.69) is 0 Å². The lowest BCUT2D eigenvalue weighted by molar-refractivity contribution is 0.155. The highest BCUT2D eigenvalue weighted by molar-refractivity contribution is 5.49. The zero-order valence-corrected chi connectivity index (χ0v) is 9.33. The number of rotatable bonds is 2. The molecule has 0 aromatic heterocycles. The maximum atomic E-state index is 5.94. The highest BCUT2D eigenvalue weighted by Crippen LogP contribution is 2.25. The Morgan fingerprint density at radius 1 is 1.20 bits per heavy atom. The van der Waals surface area contributed by atoms with Crippen LogP contribution in [0.15, 0.2) is 18.2 Å². The van der Waals surface area contributed by atoms with Crippen molar-refractivity contribution in [1.29, 1.82) is 0 Å². The van der Waals surface area contributed by atoms with Crippen LogP contribution in [-0.2, 0) is 0 Å². The van der Waals surface area contributed by atoms with Crippen LogP contribution in [0.1, 0.15) is 37.7 Å². The maximum absolute atomic E-state index is 5.94. The van der Waals surface area contributed by atoms with Gasteiger partial charge in [-0.3, -0.25) is 0 Å². The van der Waals surface area contributed by atoms with Gasteiger partial charge in [-0.2, -0.15) is 0 Å². The predicted octanol–water partition coefficient (Wildman–Crippen LogP) is 3.29. The largest absolute Gasteiger partial charge is 0.490 e. The molecule has 1 aliphatic carbocycles. The summed E-state index contributed by atoms with van der Waals surface area (Å²) in [5.74, 6) is 0.966. The minimum Gasteiger partial charge on any atom is -0.490 e. The van der Waals surface area contributed by atoms with Gasteiger partial charge in [0, 0.05) is 5.69 Å². The molecule has 0 spiro atoms. The Kier molecular flexibility index (Phi) is 3.14. The number of ether oxygens (including phenoxy) is 1. The molecular formula is C13H19NO. The van der Waals surface area contributed by atoms with Crippen LogP contribution in [0.3, 0.4) is 0 Å². The van der Waals surface area contributed by atoms with Crippen molar-refractivity contribution < 1.29 is 4.74 Å². The minimum atomic E-state index is 0.418. The molecule has 0 radical (unpaired) electrons. The molecule has 2 nitrogen and oxygen atoms in total. The molecule has 1 aliphatic rings. The van der Waals surface area contributed by atoms with Crippen molar-refractivity contribution in [1.82, 2.24) is 0 Å². The van der Waals surface area contributed by atoms with Gasteiger partial charge in [-0.25, -0.2) is 0 Å². The van der Waals surface area contributed by atoms with Gasteiger partial charge < -0.3 is 10.5 Å². The highest BCUT2D eigenvalue weighted by Gasteiger charge is 2.14. The first-order valence-electron chi connectivity index (χ1n) is 5.78. The normalized spacial score (nSPS) is 17.7. The predicted molar refractivity (Wildman–Crippen MR) is 63.1 cm³/mol. The van der Waals surface area contributed by atoms with Crippen LogP contribution in [-0.4, -0.2) is 6.10 Å². The summed E-state index contributed by atoms with van der Waals surface area (Å²) in [6, 6.07) is 5.92. The molecule has 1 fully saturated rings. The summed E-state index contributed by atoms with van der Waals surface area (Å²) >= 11 is 0. The van der Waals surface area contributed by atoms with Crippen LogP contribution in [0.4, 0.5) is 5.69 Å². The van der Waals surface area contributed by atoms with Gasteiger partial charge in [0.15, 0.2) is 0 Å². The van der Waals surface area contributed by atoms with Crippen molar-refractivity contribution in [2.45, 2.75) is 45.1 Å². The second-order valence-electron chi connectivity index (χ2n) is 4.40. The number of hydrogen-bond donors (Lipinski definition) is 1. The molecular weight excluding hydrogens is 186 g/mol. The summed E-state index contributed by atoms with van der Waals surface area (Å²) in [5.41, 5.74) is 7.71. The van der Waals surface area contributed by atoms with Gasteiger partial charge >= 0.3 is 0 Å². The fourth-order valence-corrected chi connectivity index (χ4v) is 2.10. The first-order chi connectivity index (χ1) is 7.25. The molecule has 82 valence electrons. The van der Waals surface area contributed by atoms with Crippen molar-refractivity contribution in [2.24, 2.45) is 0 Å². The van der Waals surface area contributed by atoms with E-state index in [0.717, 1.165) is 17.0 Å². The van der Waals surface area contributed by atoms with Gasteiger partial charge in [0.05, 0.1) is 6.10 Å². The Bertz CT molecular complexity index is 329. The van der Waals surface area contributed by atoms with Crippen LogP contribution in [0.25, 0.3) is 0 Å². The van der Waals surface area contributed by atoms with Crippen LogP contribution < -0.4 is 10.5 Å². The van der Waals surface area contributed by atoms with Crippen LogP contribution in [0, 0.1) is 6.92 Å². The average molecular weight is 205 g/mol. The summed E-state index contributed by atoms with van der Waals surface area (Å²) < 4.78 is 5.94. The minimum absolute atomic E-state index is 0.418. The third kappa shape index (κ3) is 2.65. The third-order valence-corrected chi connectivity index (χ3v) is 3.10. The van der Waals surface area contributed by atoms with E-state index in [1.807, 2.05) is 25.1 Å². The molecule has 15 heavy (non-hydrogen) atoms. The Morgan fingerprint density at radius 3 is 2.60 bits per heavy atom. The van der Waals surface area contributed by atoms with E-state index >= 15 is 0 Å². The Hall–Kier alpha value is -1.18. The molecule has 0 unspecified atom stereocenters. The third-order valence-electron chi connectivity index (χ3n) is 3.10. The van der Waals surface area contributed by atoms with E-state index < -0.39 is 0 Å². The summed E-state index contributed by atoms with van der Waals surface area (Å²) in [6.07, 6.45) is 6.78. The van der Waals surface area contributed by atoms with E-state index in [9.17, 15) is 0 Å². The first-order valence-corrected chi connectivity index (χ1v) is 5.78. The van der Waals surface area contributed by atoms with Crippen molar-refractivity contribution in [3.8, 4) is 5.75 Å². The van der Waals surface area contributed by atoms with Gasteiger partial charge in [0.25, 0.3) is 0 Å². The molecule has 2 rings (SSSR count). The van der Waals surface area contributed by atoms with E-state index in [4.69, 9.17) is 10.5 Å². The lowest BCUT2D eigenvalue weighted by Crippen LogP contribution is -2.19. The molecule has 2 N–H and O–H groups in total. The maximum Gasteiger partial charge on any atom is 0.120 e. The molecule has 0 saturated heterocycles. The topological polar surface area (TPSA) is 35.2 Å². The van der Waals surface area contributed by atoms with Crippen molar-refractivity contribution >= 4 is 5.69 Å². The lowest BCUT2D eigenvalue weighted by Gasteiger charge is -2.23. The number of hydrogen-bond acceptors (Lipinski definition) is 2. The Balaban J connectivity index is 2.00. The zero-order chi connectivity index (χ0) is 10.7. The average Bonchev–Trinajstić information content (AvgIpc) is 2.25. The fourth-order valence-electron chi connectivity index (χ4n) is 2.10. The Labute approximate surface area is 91.4 Å². The summed E-state index contributed by atoms with van der Waals surface area (Å²) in [4.78, 5) is 0. The van der Waals surface area contributed by atoms with Gasteiger partial charge in [0.1, 0.15) is 5.75 Å². The monoisotopic (exact) mass is 205 g/mol. The second kappa shape index (κ2) is 4.56. The molecule has 2 heteroatoms. The first kappa shape index (κ1) is 10.3. The zero-order valence-electron chi connectivity index (χ0n) is 9.33. The quantitative estimate of drug-likeness (QED) is 0.752. The second-order valence-corrected chi connectivity index (χ2v) is 4.40. The fraction of sp³-hybridized carbons (Fsp3) is 0.538. The number of nitrogen functional groups attached to an aromatic ring is 1. The molecule has 0 aliphatic heterocycles. The summed E-state index contributed by atoms with van der Waals surface area (Å²) in [6.45, 7) is 2.02. The number of aryl methyl sites for hydroxylation is 1. The SMILES string of the molecule is Cc1cc(OC2CCCCC2)ccc1N.